The summed E-state index contributed by atoms with van der Waals surface area (Å²) in [6.45, 7) is 2.08. The predicted molar refractivity (Wildman–Crippen MR) is 101 cm³/mol. The first kappa shape index (κ1) is 16.7. The molecule has 1 atom stereocenters. The van der Waals surface area contributed by atoms with E-state index in [0.29, 0.717) is 0 Å². The third-order valence-electron chi connectivity index (χ3n) is 3.98. The van der Waals surface area contributed by atoms with E-state index >= 15 is 0 Å². The quantitative estimate of drug-likeness (QED) is 0.458. The van der Waals surface area contributed by atoms with Crippen molar-refractivity contribution in [2.45, 2.75) is 18.2 Å². The van der Waals surface area contributed by atoms with Gasteiger partial charge in [0.05, 0.1) is 0 Å². The van der Waals surface area contributed by atoms with Gasteiger partial charge in [-0.3, -0.25) is 0 Å². The summed E-state index contributed by atoms with van der Waals surface area (Å²) < 4.78 is 1.34. The third kappa shape index (κ3) is 4.23. The average molecular weight is 379 g/mol. The van der Waals surface area contributed by atoms with E-state index in [2.05, 4.69) is 49.4 Å². The Bertz CT molecular complexity index is 796. The fraction of sp³-hybridized carbons (Fsp3) is 0.136. The number of ketones is 1. The van der Waals surface area contributed by atoms with Crippen LogP contribution in [0.25, 0.3) is 0 Å². The van der Waals surface area contributed by atoms with Crippen molar-refractivity contribution >= 4 is 25.2 Å². The van der Waals surface area contributed by atoms with Crippen LogP contribution in [0.15, 0.2) is 84.9 Å². The van der Waals surface area contributed by atoms with Gasteiger partial charge in [0, 0.05) is 0 Å². The van der Waals surface area contributed by atoms with Gasteiger partial charge in [0.25, 0.3) is 0 Å². The number of benzene rings is 3. The fourth-order valence-corrected chi connectivity index (χ4v) is 4.92. The number of carbonyl (C=O) groups excluding carboxylic acids is 1. The number of hydrogen-bond acceptors (Lipinski definition) is 1. The van der Waals surface area contributed by atoms with Crippen molar-refractivity contribution in [3.8, 4) is 0 Å². The van der Waals surface area contributed by atoms with Crippen LogP contribution in [0.2, 0.25) is 5.32 Å². The summed E-state index contributed by atoms with van der Waals surface area (Å²) >= 11 is 0.278. The average Bonchev–Trinajstić information content (AvgIpc) is 2.63. The summed E-state index contributed by atoms with van der Waals surface area (Å²) in [7, 11) is 0. The molecule has 0 saturated carbocycles. The van der Waals surface area contributed by atoms with Crippen molar-refractivity contribution in [1.29, 1.82) is 0 Å². The molecule has 0 amide bonds. The second-order valence-corrected chi connectivity index (χ2v) is 8.12. The van der Waals surface area contributed by atoms with Crippen LogP contribution in [-0.4, -0.2) is 20.7 Å². The van der Waals surface area contributed by atoms with Gasteiger partial charge in [-0.05, 0) is 0 Å². The summed E-state index contributed by atoms with van der Waals surface area (Å²) in [5.74, 6) is 0.145. The van der Waals surface area contributed by atoms with E-state index in [4.69, 9.17) is 0 Å². The molecular formula is C22H20OSe. The van der Waals surface area contributed by atoms with E-state index in [-0.39, 0.29) is 26.7 Å². The molecule has 0 aliphatic rings. The van der Waals surface area contributed by atoms with Gasteiger partial charge < -0.3 is 0 Å². The topological polar surface area (TPSA) is 17.1 Å². The molecule has 0 saturated heterocycles. The molecule has 0 aliphatic heterocycles. The Morgan fingerprint density at radius 2 is 1.54 bits per heavy atom. The van der Waals surface area contributed by atoms with Crippen molar-refractivity contribution in [3.63, 3.8) is 0 Å². The van der Waals surface area contributed by atoms with Crippen LogP contribution in [0.1, 0.15) is 27.4 Å². The Kier molecular flexibility index (Phi) is 5.63. The minimum atomic E-state index is -0.0764. The Morgan fingerprint density at radius 1 is 0.875 bits per heavy atom. The van der Waals surface area contributed by atoms with Gasteiger partial charge in [-0.1, -0.05) is 0 Å². The van der Waals surface area contributed by atoms with Crippen molar-refractivity contribution in [1.82, 2.24) is 0 Å². The molecule has 24 heavy (non-hydrogen) atoms. The minimum absolute atomic E-state index is 0.0764. The van der Waals surface area contributed by atoms with Crippen LogP contribution >= 0.6 is 0 Å². The maximum absolute atomic E-state index is 13.1. The zero-order chi connectivity index (χ0) is 16.8. The van der Waals surface area contributed by atoms with Crippen molar-refractivity contribution in [3.05, 3.63) is 102 Å². The molecule has 3 aromatic rings. The maximum atomic E-state index is 13.1. The molecule has 0 radical (unpaired) electrons. The molecule has 1 nitrogen and oxygen atoms in total. The number of rotatable bonds is 6. The number of hydrogen-bond donors (Lipinski definition) is 0. The third-order valence-corrected chi connectivity index (χ3v) is 6.30. The summed E-state index contributed by atoms with van der Waals surface area (Å²) in [6.07, 6.45) is 0. The van der Waals surface area contributed by atoms with E-state index in [9.17, 15) is 4.79 Å². The molecule has 0 aromatic heterocycles. The molecule has 0 spiro atoms. The molecule has 3 rings (SSSR count). The summed E-state index contributed by atoms with van der Waals surface area (Å²) in [4.78, 5) is 13.1. The molecule has 0 heterocycles. The van der Waals surface area contributed by atoms with Crippen LogP contribution in [0.3, 0.4) is 0 Å². The SMILES string of the molecule is Cc1cccc(C(C[Se]c2ccccc2)C(=O)c2ccccc2)c1. The van der Waals surface area contributed by atoms with Gasteiger partial charge >= 0.3 is 150 Å². The van der Waals surface area contributed by atoms with Gasteiger partial charge in [-0.25, -0.2) is 0 Å². The number of Topliss-reactive ketones (excluding diaryl/α,β-unsaturated/α-hetero) is 1. The van der Waals surface area contributed by atoms with Gasteiger partial charge in [-0.2, -0.15) is 0 Å². The van der Waals surface area contributed by atoms with E-state index < -0.39 is 0 Å². The summed E-state index contributed by atoms with van der Waals surface area (Å²) in [6, 6.07) is 28.5. The van der Waals surface area contributed by atoms with Gasteiger partial charge in [0.1, 0.15) is 0 Å². The molecule has 0 fully saturated rings. The summed E-state index contributed by atoms with van der Waals surface area (Å²) in [5, 5.41) is 0.883. The van der Waals surface area contributed by atoms with Crippen LogP contribution in [0.4, 0.5) is 0 Å². The second kappa shape index (κ2) is 8.10. The first-order chi connectivity index (χ1) is 11.7. The van der Waals surface area contributed by atoms with E-state index in [0.717, 1.165) is 16.4 Å². The Hall–Kier alpha value is -2.15. The first-order valence-electron chi connectivity index (χ1n) is 8.08. The standard InChI is InChI=1S/C22H20OSe/c1-17-9-8-12-19(15-17)21(16-24-20-13-6-3-7-14-20)22(23)18-10-4-2-5-11-18/h2-15,21H,16H2,1H3. The van der Waals surface area contributed by atoms with Crippen LogP contribution < -0.4 is 4.46 Å². The molecule has 0 aliphatic carbocycles. The Balaban J connectivity index is 1.87. The molecular weight excluding hydrogens is 359 g/mol. The second-order valence-electron chi connectivity index (χ2n) is 5.82. The zero-order valence-corrected chi connectivity index (χ0v) is 15.4. The van der Waals surface area contributed by atoms with Gasteiger partial charge in [0.15, 0.2) is 0 Å². The van der Waals surface area contributed by atoms with Crippen molar-refractivity contribution in [2.75, 3.05) is 0 Å². The van der Waals surface area contributed by atoms with Crippen LogP contribution in [-0.2, 0) is 0 Å². The monoisotopic (exact) mass is 380 g/mol. The molecule has 2 heteroatoms. The van der Waals surface area contributed by atoms with E-state index in [1.54, 1.807) is 0 Å². The van der Waals surface area contributed by atoms with Gasteiger partial charge in [0.2, 0.25) is 0 Å². The Labute approximate surface area is 149 Å². The molecule has 120 valence electrons. The van der Waals surface area contributed by atoms with Crippen molar-refractivity contribution in [2.24, 2.45) is 0 Å². The molecule has 3 aromatic carbocycles. The van der Waals surface area contributed by atoms with E-state index in [1.807, 2.05) is 42.5 Å². The van der Waals surface area contributed by atoms with Gasteiger partial charge in [-0.15, -0.1) is 0 Å². The fourth-order valence-electron chi connectivity index (χ4n) is 2.71. The molecule has 0 bridgehead atoms. The normalized spacial score (nSPS) is 11.9. The number of aryl methyl sites for hydroxylation is 1. The predicted octanol–water partition coefficient (Wildman–Crippen LogP) is 4.41. The van der Waals surface area contributed by atoms with Crippen LogP contribution in [0.5, 0.6) is 0 Å². The molecule has 0 N–H and O–H groups in total. The zero-order valence-electron chi connectivity index (χ0n) is 13.7. The number of carbonyl (C=O) groups is 1. The molecule has 1 unspecified atom stereocenters. The van der Waals surface area contributed by atoms with E-state index in [1.165, 1.54) is 10.0 Å². The van der Waals surface area contributed by atoms with Crippen LogP contribution in [0, 0.1) is 6.92 Å². The summed E-state index contributed by atoms with van der Waals surface area (Å²) in [5.41, 5.74) is 3.13. The Morgan fingerprint density at radius 3 is 2.21 bits per heavy atom. The first-order valence-corrected chi connectivity index (χ1v) is 10.1. The van der Waals surface area contributed by atoms with Crippen molar-refractivity contribution < 1.29 is 4.79 Å².